The van der Waals surface area contributed by atoms with Crippen molar-refractivity contribution in [3.05, 3.63) is 42.0 Å². The second-order valence-corrected chi connectivity index (χ2v) is 5.18. The summed E-state index contributed by atoms with van der Waals surface area (Å²) in [4.78, 5) is 12.0. The van der Waals surface area contributed by atoms with Crippen molar-refractivity contribution in [2.75, 3.05) is 0 Å². The maximum absolute atomic E-state index is 12.0. The van der Waals surface area contributed by atoms with Gasteiger partial charge in [0.1, 0.15) is 5.75 Å². The molecule has 19 heavy (non-hydrogen) atoms. The van der Waals surface area contributed by atoms with Gasteiger partial charge >= 0.3 is 0 Å². The van der Waals surface area contributed by atoms with Gasteiger partial charge in [0.2, 0.25) is 5.91 Å². The predicted molar refractivity (Wildman–Crippen MR) is 72.7 cm³/mol. The van der Waals surface area contributed by atoms with E-state index in [1.165, 1.54) is 6.21 Å². The van der Waals surface area contributed by atoms with E-state index in [-0.39, 0.29) is 17.6 Å². The quantitative estimate of drug-likeness (QED) is 0.494. The highest BCUT2D eigenvalue weighted by atomic mass is 16.3. The van der Waals surface area contributed by atoms with Gasteiger partial charge in [-0.25, -0.2) is 5.43 Å². The second kappa shape index (κ2) is 4.88. The Morgan fingerprint density at radius 1 is 1.32 bits per heavy atom. The number of nitrogens with zero attached hydrogens (tertiary/aromatic N) is 1. The molecule has 1 saturated carbocycles. The number of allylic oxidation sites excluding steroid dienone is 2. The van der Waals surface area contributed by atoms with Crippen LogP contribution < -0.4 is 5.43 Å². The zero-order valence-corrected chi connectivity index (χ0v) is 10.5. The number of hydrogen-bond donors (Lipinski definition) is 2. The summed E-state index contributed by atoms with van der Waals surface area (Å²) in [6, 6.07) is 6.88. The Hall–Kier alpha value is -2.10. The highest BCUT2D eigenvalue weighted by molar-refractivity contribution is 5.85. The molecule has 2 N–H and O–H groups in total. The van der Waals surface area contributed by atoms with E-state index in [1.54, 1.807) is 18.2 Å². The lowest BCUT2D eigenvalue weighted by molar-refractivity contribution is -0.125. The maximum atomic E-state index is 12.0. The van der Waals surface area contributed by atoms with Gasteiger partial charge in [0.15, 0.2) is 0 Å². The smallest absolute Gasteiger partial charge is 0.243 e. The third-order valence-corrected chi connectivity index (χ3v) is 3.93. The Labute approximate surface area is 111 Å². The average molecular weight is 256 g/mol. The second-order valence-electron chi connectivity index (χ2n) is 5.18. The molecular weight excluding hydrogens is 240 g/mol. The third kappa shape index (κ3) is 2.38. The fraction of sp³-hybridized carbons (Fsp3) is 0.333. The number of carbonyl (C=O) groups excluding carboxylic acids is 1. The van der Waals surface area contributed by atoms with Crippen molar-refractivity contribution in [2.24, 2.45) is 22.9 Å². The summed E-state index contributed by atoms with van der Waals surface area (Å²) in [5.74, 6) is 1.14. The first kappa shape index (κ1) is 12.0. The fourth-order valence-corrected chi connectivity index (χ4v) is 2.93. The van der Waals surface area contributed by atoms with Gasteiger partial charge in [-0.05, 0) is 36.8 Å². The first-order valence-electron chi connectivity index (χ1n) is 6.53. The average Bonchev–Trinajstić information content (AvgIpc) is 3.03. The molecule has 0 heterocycles. The van der Waals surface area contributed by atoms with E-state index >= 15 is 0 Å². The first-order valence-corrected chi connectivity index (χ1v) is 6.53. The fourth-order valence-electron chi connectivity index (χ4n) is 2.93. The largest absolute Gasteiger partial charge is 0.507 e. The monoisotopic (exact) mass is 256 g/mol. The van der Waals surface area contributed by atoms with Gasteiger partial charge in [-0.2, -0.15) is 5.10 Å². The summed E-state index contributed by atoms with van der Waals surface area (Å²) < 4.78 is 0. The number of hydrazone groups is 1. The summed E-state index contributed by atoms with van der Waals surface area (Å²) >= 11 is 0. The van der Waals surface area contributed by atoms with Crippen molar-refractivity contribution in [3.8, 4) is 5.75 Å². The number of carbonyl (C=O) groups is 1. The Bertz CT molecular complexity index is 551. The molecule has 0 unspecified atom stereocenters. The molecule has 1 aromatic rings. The van der Waals surface area contributed by atoms with Crippen molar-refractivity contribution in [1.82, 2.24) is 5.43 Å². The number of rotatable bonds is 3. The number of amides is 1. The highest BCUT2D eigenvalue weighted by Gasteiger charge is 2.39. The number of fused-ring (bicyclic) bond motifs is 2. The van der Waals surface area contributed by atoms with Crippen molar-refractivity contribution in [1.29, 1.82) is 0 Å². The van der Waals surface area contributed by atoms with Gasteiger partial charge in [0, 0.05) is 11.5 Å². The van der Waals surface area contributed by atoms with Crippen molar-refractivity contribution in [3.63, 3.8) is 0 Å². The van der Waals surface area contributed by atoms with E-state index in [9.17, 15) is 9.90 Å². The first-order chi connectivity index (χ1) is 9.24. The summed E-state index contributed by atoms with van der Waals surface area (Å²) in [7, 11) is 0. The number of aromatic hydroxyl groups is 1. The molecule has 3 atom stereocenters. The molecular formula is C15H16N2O2. The van der Waals surface area contributed by atoms with Crippen LogP contribution in [0.1, 0.15) is 18.4 Å². The minimum Gasteiger partial charge on any atom is -0.507 e. The molecule has 2 aliphatic carbocycles. The number of phenolic OH excluding ortho intramolecular Hbond substituents is 1. The van der Waals surface area contributed by atoms with Crippen molar-refractivity contribution >= 4 is 12.1 Å². The summed E-state index contributed by atoms with van der Waals surface area (Å²) in [6.45, 7) is 0. The molecule has 0 aliphatic heterocycles. The van der Waals surface area contributed by atoms with Gasteiger partial charge in [0.25, 0.3) is 0 Å². The van der Waals surface area contributed by atoms with E-state index in [0.29, 0.717) is 17.4 Å². The van der Waals surface area contributed by atoms with E-state index in [2.05, 4.69) is 22.7 Å². The highest BCUT2D eigenvalue weighted by Crippen LogP contribution is 2.43. The van der Waals surface area contributed by atoms with E-state index < -0.39 is 0 Å². The number of hydrogen-bond acceptors (Lipinski definition) is 3. The molecule has 4 heteroatoms. The van der Waals surface area contributed by atoms with Crippen LogP contribution in [0.3, 0.4) is 0 Å². The molecule has 0 saturated heterocycles. The Balaban J connectivity index is 1.59. The Morgan fingerprint density at radius 2 is 2.16 bits per heavy atom. The third-order valence-electron chi connectivity index (χ3n) is 3.93. The molecule has 0 spiro atoms. The molecule has 4 nitrogen and oxygen atoms in total. The molecule has 0 radical (unpaired) electrons. The van der Waals surface area contributed by atoms with Gasteiger partial charge in [-0.1, -0.05) is 24.3 Å². The van der Waals surface area contributed by atoms with Crippen LogP contribution >= 0.6 is 0 Å². The topological polar surface area (TPSA) is 61.7 Å². The summed E-state index contributed by atoms with van der Waals surface area (Å²) in [5.41, 5.74) is 3.16. The van der Waals surface area contributed by atoms with Gasteiger partial charge in [-0.3, -0.25) is 4.79 Å². The van der Waals surface area contributed by atoms with Crippen LogP contribution in [0, 0.1) is 17.8 Å². The van der Waals surface area contributed by atoms with Crippen LogP contribution in [0.15, 0.2) is 41.5 Å². The molecule has 2 bridgehead atoms. The lowest BCUT2D eigenvalue weighted by atomic mass is 9.93. The van der Waals surface area contributed by atoms with Crippen LogP contribution in [-0.4, -0.2) is 17.2 Å². The van der Waals surface area contributed by atoms with Crippen molar-refractivity contribution in [2.45, 2.75) is 12.8 Å². The zero-order chi connectivity index (χ0) is 13.2. The SMILES string of the molecule is O=C(N/N=C/c1ccccc1O)[C@H]1C[C@@H]2C=C[C@H]1C2. The van der Waals surface area contributed by atoms with Gasteiger partial charge in [0.05, 0.1) is 6.21 Å². The van der Waals surface area contributed by atoms with E-state index in [0.717, 1.165) is 12.8 Å². The molecule has 3 rings (SSSR count). The normalized spacial score (nSPS) is 28.1. The maximum Gasteiger partial charge on any atom is 0.243 e. The van der Waals surface area contributed by atoms with Gasteiger partial charge < -0.3 is 5.11 Å². The van der Waals surface area contributed by atoms with E-state index in [4.69, 9.17) is 0 Å². The zero-order valence-electron chi connectivity index (χ0n) is 10.5. The number of benzene rings is 1. The number of para-hydroxylation sites is 1. The predicted octanol–water partition coefficient (Wildman–Crippen LogP) is 2.05. The number of phenols is 1. The lowest BCUT2D eigenvalue weighted by Gasteiger charge is -2.15. The minimum atomic E-state index is -0.0245. The van der Waals surface area contributed by atoms with Gasteiger partial charge in [-0.15, -0.1) is 0 Å². The van der Waals surface area contributed by atoms with Crippen LogP contribution in [0.25, 0.3) is 0 Å². The molecule has 2 aliphatic rings. The molecule has 1 amide bonds. The standard InChI is InChI=1S/C15H16N2O2/c18-14-4-2-1-3-12(14)9-16-17-15(19)13-8-10-5-6-11(13)7-10/h1-6,9-11,13,18H,7-8H2,(H,17,19)/b16-9+/t10-,11+,13+/m1/s1. The molecule has 1 aromatic carbocycles. The molecule has 98 valence electrons. The minimum absolute atomic E-state index is 0.0245. The van der Waals surface area contributed by atoms with Crippen LogP contribution in [-0.2, 0) is 4.79 Å². The van der Waals surface area contributed by atoms with Crippen molar-refractivity contribution < 1.29 is 9.90 Å². The number of nitrogens with one attached hydrogen (secondary N) is 1. The Morgan fingerprint density at radius 3 is 2.84 bits per heavy atom. The molecule has 1 fully saturated rings. The summed E-state index contributed by atoms with van der Waals surface area (Å²) in [5, 5.41) is 13.5. The lowest BCUT2D eigenvalue weighted by Crippen LogP contribution is -2.29. The van der Waals surface area contributed by atoms with E-state index in [1.807, 2.05) is 6.07 Å². The van der Waals surface area contributed by atoms with Crippen LogP contribution in [0.2, 0.25) is 0 Å². The van der Waals surface area contributed by atoms with Crippen LogP contribution in [0.4, 0.5) is 0 Å². The van der Waals surface area contributed by atoms with Crippen LogP contribution in [0.5, 0.6) is 5.75 Å². The summed E-state index contributed by atoms with van der Waals surface area (Å²) in [6.07, 6.45) is 7.85. The molecule has 0 aromatic heterocycles. The Kier molecular flexibility index (Phi) is 3.07.